The van der Waals surface area contributed by atoms with Gasteiger partial charge in [0.05, 0.1) is 13.2 Å². The van der Waals surface area contributed by atoms with E-state index >= 15 is 0 Å². The summed E-state index contributed by atoms with van der Waals surface area (Å²) in [5.74, 6) is 0.793. The molecular formula is C13H19NO2. The molecule has 1 atom stereocenters. The van der Waals surface area contributed by atoms with Crippen LogP contribution in [0.1, 0.15) is 25.8 Å². The summed E-state index contributed by atoms with van der Waals surface area (Å²) in [5.41, 5.74) is 2.06. The highest BCUT2D eigenvalue weighted by atomic mass is 16.5. The quantitative estimate of drug-likeness (QED) is 0.845. The lowest BCUT2D eigenvalue weighted by atomic mass is 10.0. The van der Waals surface area contributed by atoms with Gasteiger partial charge in [-0.2, -0.15) is 0 Å². The number of rotatable bonds is 4. The fourth-order valence-electron chi connectivity index (χ4n) is 2.06. The lowest BCUT2D eigenvalue weighted by molar-refractivity contribution is 0.267. The Bertz CT molecular complexity index is 365. The summed E-state index contributed by atoms with van der Waals surface area (Å²) in [6.45, 7) is 5.95. The highest BCUT2D eigenvalue weighted by Gasteiger charge is 2.24. The van der Waals surface area contributed by atoms with Crippen LogP contribution in [-0.2, 0) is 6.61 Å². The van der Waals surface area contributed by atoms with Crippen molar-refractivity contribution in [1.82, 2.24) is 0 Å². The summed E-state index contributed by atoms with van der Waals surface area (Å²) in [7, 11) is 0. The minimum Gasteiger partial charge on any atom is -0.494 e. The molecular weight excluding hydrogens is 202 g/mol. The average molecular weight is 221 g/mol. The van der Waals surface area contributed by atoms with Gasteiger partial charge < -0.3 is 14.7 Å². The lowest BCUT2D eigenvalue weighted by Crippen LogP contribution is -2.45. The average Bonchev–Trinajstić information content (AvgIpc) is 2.29. The third kappa shape index (κ3) is 2.00. The number of nitrogens with zero attached hydrogens (tertiary/aromatic N) is 1. The van der Waals surface area contributed by atoms with Crippen LogP contribution in [-0.4, -0.2) is 24.3 Å². The van der Waals surface area contributed by atoms with E-state index in [9.17, 15) is 5.11 Å². The van der Waals surface area contributed by atoms with Crippen molar-refractivity contribution in [3.63, 3.8) is 0 Å². The van der Waals surface area contributed by atoms with Crippen molar-refractivity contribution >= 4 is 5.69 Å². The van der Waals surface area contributed by atoms with E-state index in [0.29, 0.717) is 12.6 Å². The van der Waals surface area contributed by atoms with Gasteiger partial charge in [-0.25, -0.2) is 0 Å². The molecule has 0 aromatic heterocycles. The normalized spacial score (nSPS) is 19.4. The molecule has 16 heavy (non-hydrogen) atoms. The third-order valence-corrected chi connectivity index (χ3v) is 3.17. The zero-order chi connectivity index (χ0) is 11.5. The van der Waals surface area contributed by atoms with E-state index in [2.05, 4.69) is 17.9 Å². The molecule has 88 valence electrons. The Morgan fingerprint density at radius 3 is 2.81 bits per heavy atom. The maximum absolute atomic E-state index is 9.31. The summed E-state index contributed by atoms with van der Waals surface area (Å²) in [4.78, 5) is 2.34. The van der Waals surface area contributed by atoms with E-state index in [1.54, 1.807) is 0 Å². The van der Waals surface area contributed by atoms with E-state index in [0.717, 1.165) is 17.9 Å². The Morgan fingerprint density at radius 2 is 2.31 bits per heavy atom. The Labute approximate surface area is 96.6 Å². The molecule has 1 aromatic carbocycles. The molecule has 0 aliphatic carbocycles. The van der Waals surface area contributed by atoms with Gasteiger partial charge in [0.2, 0.25) is 0 Å². The van der Waals surface area contributed by atoms with Crippen molar-refractivity contribution in [2.45, 2.75) is 32.9 Å². The summed E-state index contributed by atoms with van der Waals surface area (Å²) in [6.07, 6.45) is 1.25. The molecule has 3 nitrogen and oxygen atoms in total. The first-order valence-corrected chi connectivity index (χ1v) is 5.89. The predicted molar refractivity (Wildman–Crippen MR) is 65.0 cm³/mol. The van der Waals surface area contributed by atoms with Crippen molar-refractivity contribution in [2.75, 3.05) is 18.1 Å². The molecule has 1 heterocycles. The van der Waals surface area contributed by atoms with Crippen molar-refractivity contribution in [3.8, 4) is 5.75 Å². The van der Waals surface area contributed by atoms with Gasteiger partial charge in [0.15, 0.2) is 0 Å². The lowest BCUT2D eigenvalue weighted by Gasteiger charge is -2.41. The molecule has 1 aliphatic heterocycles. The van der Waals surface area contributed by atoms with Crippen molar-refractivity contribution < 1.29 is 9.84 Å². The Hall–Kier alpha value is -1.22. The smallest absolute Gasteiger partial charge is 0.124 e. The van der Waals surface area contributed by atoms with Crippen molar-refractivity contribution in [1.29, 1.82) is 0 Å². The molecule has 2 rings (SSSR count). The Morgan fingerprint density at radius 1 is 1.50 bits per heavy atom. The molecule has 0 radical (unpaired) electrons. The maximum atomic E-state index is 9.31. The monoisotopic (exact) mass is 221 g/mol. The molecule has 0 amide bonds. The Kier molecular flexibility index (Phi) is 3.34. The molecule has 3 heteroatoms. The number of ether oxygens (including phenoxy) is 1. The van der Waals surface area contributed by atoms with Crippen LogP contribution in [0.15, 0.2) is 18.2 Å². The third-order valence-electron chi connectivity index (χ3n) is 3.17. The van der Waals surface area contributed by atoms with E-state index < -0.39 is 0 Å². The van der Waals surface area contributed by atoms with Crippen LogP contribution in [0.5, 0.6) is 5.75 Å². The van der Waals surface area contributed by atoms with Gasteiger partial charge in [0, 0.05) is 23.8 Å². The molecule has 1 N–H and O–H groups in total. The summed E-state index contributed by atoms with van der Waals surface area (Å²) in [6, 6.07) is 6.67. The first kappa shape index (κ1) is 11.3. The summed E-state index contributed by atoms with van der Waals surface area (Å²) < 4.78 is 5.46. The zero-order valence-corrected chi connectivity index (χ0v) is 9.94. The number of aliphatic hydroxyl groups is 1. The number of aliphatic hydroxyl groups excluding tert-OH is 1. The van der Waals surface area contributed by atoms with E-state index in [1.165, 1.54) is 12.1 Å². The van der Waals surface area contributed by atoms with Gasteiger partial charge in [-0.1, -0.05) is 0 Å². The van der Waals surface area contributed by atoms with Gasteiger partial charge in [-0.15, -0.1) is 0 Å². The maximum Gasteiger partial charge on any atom is 0.124 e. The number of hydrogen-bond acceptors (Lipinski definition) is 3. The largest absolute Gasteiger partial charge is 0.494 e. The molecule has 1 fully saturated rings. The SMILES string of the molecule is CCOc1ccc(N2CCC2C)cc1CO. The second kappa shape index (κ2) is 4.74. The van der Waals surface area contributed by atoms with Crippen LogP contribution in [0.25, 0.3) is 0 Å². The molecule has 1 unspecified atom stereocenters. The minimum atomic E-state index is 0.0331. The van der Waals surface area contributed by atoms with Crippen LogP contribution in [0.4, 0.5) is 5.69 Å². The van der Waals surface area contributed by atoms with Crippen molar-refractivity contribution in [2.24, 2.45) is 0 Å². The standard InChI is InChI=1S/C13H19NO2/c1-3-16-13-5-4-12(8-11(13)9-15)14-7-6-10(14)2/h4-5,8,10,15H,3,6-7,9H2,1-2H3. The van der Waals surface area contributed by atoms with Crippen LogP contribution < -0.4 is 9.64 Å². The van der Waals surface area contributed by atoms with Crippen LogP contribution in [0, 0.1) is 0 Å². The summed E-state index contributed by atoms with van der Waals surface area (Å²) >= 11 is 0. The molecule has 1 saturated heterocycles. The van der Waals surface area contributed by atoms with E-state index in [-0.39, 0.29) is 6.61 Å². The molecule has 1 aromatic rings. The van der Waals surface area contributed by atoms with Gasteiger partial charge in [0.1, 0.15) is 5.75 Å². The van der Waals surface area contributed by atoms with Crippen LogP contribution in [0.2, 0.25) is 0 Å². The fraction of sp³-hybridized carbons (Fsp3) is 0.538. The number of hydrogen-bond donors (Lipinski definition) is 1. The highest BCUT2D eigenvalue weighted by molar-refractivity contribution is 5.55. The molecule has 0 spiro atoms. The fourth-order valence-corrected chi connectivity index (χ4v) is 2.06. The Balaban J connectivity index is 2.22. The van der Waals surface area contributed by atoms with Gasteiger partial charge in [-0.3, -0.25) is 0 Å². The van der Waals surface area contributed by atoms with Crippen LogP contribution >= 0.6 is 0 Å². The van der Waals surface area contributed by atoms with Gasteiger partial charge in [0.25, 0.3) is 0 Å². The topological polar surface area (TPSA) is 32.7 Å². The molecule has 1 aliphatic rings. The van der Waals surface area contributed by atoms with Crippen LogP contribution in [0.3, 0.4) is 0 Å². The van der Waals surface area contributed by atoms with E-state index in [1.807, 2.05) is 19.1 Å². The minimum absolute atomic E-state index is 0.0331. The number of benzene rings is 1. The van der Waals surface area contributed by atoms with Gasteiger partial charge in [-0.05, 0) is 38.5 Å². The number of anilines is 1. The first-order valence-electron chi connectivity index (χ1n) is 5.89. The first-order chi connectivity index (χ1) is 7.76. The second-order valence-electron chi connectivity index (χ2n) is 4.21. The van der Waals surface area contributed by atoms with E-state index in [4.69, 9.17) is 4.74 Å². The van der Waals surface area contributed by atoms with Gasteiger partial charge >= 0.3 is 0 Å². The molecule has 0 saturated carbocycles. The predicted octanol–water partition coefficient (Wildman–Crippen LogP) is 2.18. The summed E-state index contributed by atoms with van der Waals surface area (Å²) in [5, 5.41) is 9.31. The zero-order valence-electron chi connectivity index (χ0n) is 9.94. The van der Waals surface area contributed by atoms with Crippen molar-refractivity contribution in [3.05, 3.63) is 23.8 Å². The molecule has 0 bridgehead atoms. The second-order valence-corrected chi connectivity index (χ2v) is 4.21. The highest BCUT2D eigenvalue weighted by Crippen LogP contribution is 2.30.